The van der Waals surface area contributed by atoms with E-state index in [2.05, 4.69) is 4.98 Å². The highest BCUT2D eigenvalue weighted by atomic mass is 35.5. The van der Waals surface area contributed by atoms with E-state index < -0.39 is 12.0 Å². The van der Waals surface area contributed by atoms with Crippen LogP contribution in [0.1, 0.15) is 21.3 Å². The Labute approximate surface area is 169 Å². The topological polar surface area (TPSA) is 89.9 Å². The highest BCUT2D eigenvalue weighted by Crippen LogP contribution is 2.37. The van der Waals surface area contributed by atoms with E-state index >= 15 is 0 Å². The number of aliphatic hydroxyl groups is 1. The van der Waals surface area contributed by atoms with Gasteiger partial charge in [-0.2, -0.15) is 0 Å². The number of carbonyl (C=O) groups is 1. The standard InChI is InChI=1S/C20H16ClN3O3S/c21-13-6-2-1-5-12(13)15(25)11-27-16-9-17(28-19(16)20(22)26)14-10-23-18-7-3-4-8-24(14)18/h1-10,15,25H,11H2,(H2,22,26)/t15-/m0/s1. The third-order valence-electron chi connectivity index (χ3n) is 4.25. The van der Waals surface area contributed by atoms with Gasteiger partial charge in [0.05, 0.1) is 16.8 Å². The number of benzene rings is 1. The summed E-state index contributed by atoms with van der Waals surface area (Å²) in [6.45, 7) is -0.0622. The second-order valence-corrected chi connectivity index (χ2v) is 7.55. The van der Waals surface area contributed by atoms with Crippen LogP contribution in [0.4, 0.5) is 0 Å². The number of primary amides is 1. The monoisotopic (exact) mass is 413 g/mol. The molecule has 0 saturated carbocycles. The zero-order valence-electron chi connectivity index (χ0n) is 14.6. The molecule has 1 atom stereocenters. The lowest BCUT2D eigenvalue weighted by Gasteiger charge is -2.13. The number of imidazole rings is 1. The largest absolute Gasteiger partial charge is 0.489 e. The van der Waals surface area contributed by atoms with Crippen molar-refractivity contribution in [1.29, 1.82) is 0 Å². The number of aliphatic hydroxyl groups excluding tert-OH is 1. The molecule has 0 radical (unpaired) electrons. The molecule has 3 N–H and O–H groups in total. The molecule has 0 aliphatic heterocycles. The Morgan fingerprint density at radius 2 is 2.07 bits per heavy atom. The Morgan fingerprint density at radius 1 is 1.29 bits per heavy atom. The molecule has 0 spiro atoms. The van der Waals surface area contributed by atoms with Gasteiger partial charge < -0.3 is 15.6 Å². The number of amides is 1. The summed E-state index contributed by atoms with van der Waals surface area (Å²) in [5.74, 6) is -0.267. The summed E-state index contributed by atoms with van der Waals surface area (Å²) in [7, 11) is 0. The number of halogens is 1. The first kappa shape index (κ1) is 18.5. The third-order valence-corrected chi connectivity index (χ3v) is 5.75. The van der Waals surface area contributed by atoms with Crippen molar-refractivity contribution in [1.82, 2.24) is 9.38 Å². The summed E-state index contributed by atoms with van der Waals surface area (Å²) in [6.07, 6.45) is 2.69. The van der Waals surface area contributed by atoms with Crippen molar-refractivity contribution in [2.75, 3.05) is 6.61 Å². The van der Waals surface area contributed by atoms with Crippen LogP contribution in [0, 0.1) is 0 Å². The summed E-state index contributed by atoms with van der Waals surface area (Å²) in [6, 6.07) is 14.4. The molecule has 4 aromatic rings. The molecule has 8 heteroatoms. The molecule has 3 aromatic heterocycles. The molecule has 0 aliphatic rings. The van der Waals surface area contributed by atoms with Crippen LogP contribution in [0.3, 0.4) is 0 Å². The fraction of sp³-hybridized carbons (Fsp3) is 0.100. The van der Waals surface area contributed by atoms with Crippen molar-refractivity contribution < 1.29 is 14.6 Å². The van der Waals surface area contributed by atoms with Crippen LogP contribution in [0.2, 0.25) is 5.02 Å². The molecule has 1 amide bonds. The number of hydrogen-bond donors (Lipinski definition) is 2. The van der Waals surface area contributed by atoms with Gasteiger partial charge in [0, 0.05) is 22.8 Å². The Bertz CT molecular complexity index is 1150. The Balaban J connectivity index is 1.62. The van der Waals surface area contributed by atoms with E-state index in [1.165, 1.54) is 11.3 Å². The van der Waals surface area contributed by atoms with Gasteiger partial charge in [0.15, 0.2) is 0 Å². The lowest BCUT2D eigenvalue weighted by molar-refractivity contribution is 0.0973. The number of hydrogen-bond acceptors (Lipinski definition) is 5. The van der Waals surface area contributed by atoms with E-state index in [1.807, 2.05) is 28.8 Å². The average Bonchev–Trinajstić information content (AvgIpc) is 3.30. The molecule has 4 rings (SSSR count). The number of pyridine rings is 1. The van der Waals surface area contributed by atoms with Crippen molar-refractivity contribution in [3.8, 4) is 16.3 Å². The van der Waals surface area contributed by atoms with Crippen LogP contribution >= 0.6 is 22.9 Å². The average molecular weight is 414 g/mol. The minimum absolute atomic E-state index is 0.0622. The maximum Gasteiger partial charge on any atom is 0.262 e. The summed E-state index contributed by atoms with van der Waals surface area (Å²) >= 11 is 7.34. The van der Waals surface area contributed by atoms with Crippen LogP contribution in [-0.4, -0.2) is 27.0 Å². The Hall–Kier alpha value is -2.87. The molecule has 0 aliphatic carbocycles. The quantitative estimate of drug-likeness (QED) is 0.501. The fourth-order valence-corrected chi connectivity index (χ4v) is 4.12. The number of carbonyl (C=O) groups excluding carboxylic acids is 1. The van der Waals surface area contributed by atoms with Gasteiger partial charge >= 0.3 is 0 Å². The van der Waals surface area contributed by atoms with Gasteiger partial charge in [0.25, 0.3) is 5.91 Å². The number of ether oxygens (including phenoxy) is 1. The molecule has 6 nitrogen and oxygen atoms in total. The molecule has 3 heterocycles. The summed E-state index contributed by atoms with van der Waals surface area (Å²) in [5.41, 5.74) is 7.70. The molecule has 1 aromatic carbocycles. The van der Waals surface area contributed by atoms with Crippen LogP contribution in [0.15, 0.2) is 60.9 Å². The first-order valence-corrected chi connectivity index (χ1v) is 9.65. The van der Waals surface area contributed by atoms with E-state index in [1.54, 1.807) is 36.5 Å². The van der Waals surface area contributed by atoms with Crippen LogP contribution in [0.5, 0.6) is 5.75 Å². The number of rotatable bonds is 6. The van der Waals surface area contributed by atoms with Crippen LogP contribution in [-0.2, 0) is 0 Å². The van der Waals surface area contributed by atoms with Gasteiger partial charge in [0.2, 0.25) is 0 Å². The zero-order valence-corrected chi connectivity index (χ0v) is 16.2. The normalized spacial score (nSPS) is 12.2. The number of nitrogens with zero attached hydrogens (tertiary/aromatic N) is 2. The fourth-order valence-electron chi connectivity index (χ4n) is 2.90. The first-order valence-electron chi connectivity index (χ1n) is 8.46. The van der Waals surface area contributed by atoms with Gasteiger partial charge in [0.1, 0.15) is 29.0 Å². The summed E-state index contributed by atoms with van der Waals surface area (Å²) < 4.78 is 7.65. The third kappa shape index (κ3) is 3.47. The number of nitrogens with two attached hydrogens (primary N) is 1. The molecular weight excluding hydrogens is 398 g/mol. The minimum atomic E-state index is -0.937. The van der Waals surface area contributed by atoms with Crippen molar-refractivity contribution in [3.05, 3.63) is 76.4 Å². The zero-order chi connectivity index (χ0) is 19.7. The van der Waals surface area contributed by atoms with Crippen LogP contribution < -0.4 is 10.5 Å². The molecular formula is C20H16ClN3O3S. The summed E-state index contributed by atoms with van der Waals surface area (Å²) in [5, 5.41) is 10.8. The van der Waals surface area contributed by atoms with Crippen molar-refractivity contribution in [3.63, 3.8) is 0 Å². The lowest BCUT2D eigenvalue weighted by atomic mass is 10.1. The highest BCUT2D eigenvalue weighted by Gasteiger charge is 2.20. The van der Waals surface area contributed by atoms with E-state index in [-0.39, 0.29) is 11.5 Å². The molecule has 0 fully saturated rings. The molecule has 0 bridgehead atoms. The highest BCUT2D eigenvalue weighted by molar-refractivity contribution is 7.17. The Morgan fingerprint density at radius 3 is 2.86 bits per heavy atom. The molecule has 0 saturated heterocycles. The SMILES string of the molecule is NC(=O)c1sc(-c2cnc3ccccn23)cc1OC[C@H](O)c1ccccc1Cl. The first-order chi connectivity index (χ1) is 13.5. The van der Waals surface area contributed by atoms with Crippen molar-refractivity contribution >= 4 is 34.5 Å². The van der Waals surface area contributed by atoms with Gasteiger partial charge in [-0.25, -0.2) is 4.98 Å². The van der Waals surface area contributed by atoms with Gasteiger partial charge in [-0.15, -0.1) is 11.3 Å². The second kappa shape index (κ2) is 7.63. The molecule has 142 valence electrons. The number of fused-ring (bicyclic) bond motifs is 1. The van der Waals surface area contributed by atoms with Crippen molar-refractivity contribution in [2.45, 2.75) is 6.10 Å². The number of thiophene rings is 1. The van der Waals surface area contributed by atoms with Crippen molar-refractivity contribution in [2.24, 2.45) is 5.73 Å². The predicted molar refractivity (Wildman–Crippen MR) is 109 cm³/mol. The maximum atomic E-state index is 11.9. The second-order valence-electron chi connectivity index (χ2n) is 6.09. The van der Waals surface area contributed by atoms with E-state index in [0.717, 1.165) is 16.2 Å². The molecule has 0 unspecified atom stereocenters. The predicted octanol–water partition coefficient (Wildman–Crippen LogP) is 3.93. The maximum absolute atomic E-state index is 11.9. The number of aromatic nitrogens is 2. The summed E-state index contributed by atoms with van der Waals surface area (Å²) in [4.78, 5) is 17.3. The smallest absolute Gasteiger partial charge is 0.262 e. The van der Waals surface area contributed by atoms with E-state index in [4.69, 9.17) is 22.1 Å². The molecule has 28 heavy (non-hydrogen) atoms. The lowest BCUT2D eigenvalue weighted by Crippen LogP contribution is -2.14. The van der Waals surface area contributed by atoms with E-state index in [0.29, 0.717) is 16.3 Å². The van der Waals surface area contributed by atoms with Gasteiger partial charge in [-0.3, -0.25) is 9.20 Å². The van der Waals surface area contributed by atoms with Crippen LogP contribution in [0.25, 0.3) is 16.2 Å². The Kier molecular flexibility index (Phi) is 5.04. The minimum Gasteiger partial charge on any atom is -0.489 e. The van der Waals surface area contributed by atoms with E-state index in [9.17, 15) is 9.90 Å². The van der Waals surface area contributed by atoms with Gasteiger partial charge in [-0.05, 0) is 18.2 Å². The van der Waals surface area contributed by atoms with Gasteiger partial charge in [-0.1, -0.05) is 35.9 Å².